The maximum atomic E-state index is 11.0. The summed E-state index contributed by atoms with van der Waals surface area (Å²) in [6, 6.07) is 7.45. The summed E-state index contributed by atoms with van der Waals surface area (Å²) in [6.07, 6.45) is 0. The molecule has 0 saturated heterocycles. The number of hydrogen-bond acceptors (Lipinski definition) is 4. The summed E-state index contributed by atoms with van der Waals surface area (Å²) in [6.45, 7) is 0. The Morgan fingerprint density at radius 1 is 1.19 bits per heavy atom. The topological polar surface area (TPSA) is 87.0 Å². The summed E-state index contributed by atoms with van der Waals surface area (Å²) >= 11 is 0. The number of carboxylic acids is 1. The smallest absolute Gasteiger partial charge is 0.336 e. The number of carbonyl (C=O) groups is 1. The molecule has 0 aromatic heterocycles. The number of carboxylic acid groups (broad SMARTS) is 1. The molecule has 2 rings (SSSR count). The van der Waals surface area contributed by atoms with Crippen molar-refractivity contribution in [2.75, 3.05) is 0 Å². The van der Waals surface area contributed by atoms with E-state index in [-0.39, 0.29) is 17.0 Å². The van der Waals surface area contributed by atoms with Crippen LogP contribution in [-0.2, 0) is 0 Å². The molecule has 0 radical (unpaired) electrons. The van der Waals surface area contributed by atoms with Crippen molar-refractivity contribution in [3.8, 4) is 5.75 Å². The first-order valence-electron chi connectivity index (χ1n) is 4.46. The molecule has 2 aromatic carbocycles. The molecule has 5 heteroatoms. The van der Waals surface area contributed by atoms with Crippen molar-refractivity contribution >= 4 is 22.4 Å². The third-order valence-electron chi connectivity index (χ3n) is 2.32. The normalized spacial score (nSPS) is 10.2. The Kier molecular flexibility index (Phi) is 2.28. The van der Waals surface area contributed by atoms with Gasteiger partial charge in [0.15, 0.2) is 11.4 Å². The summed E-state index contributed by atoms with van der Waals surface area (Å²) in [4.78, 5) is 21.4. The molecule has 0 fully saturated rings. The monoisotopic (exact) mass is 217 g/mol. The van der Waals surface area contributed by atoms with Crippen LogP contribution in [0.15, 0.2) is 35.5 Å². The second-order valence-corrected chi connectivity index (χ2v) is 3.23. The van der Waals surface area contributed by atoms with Crippen LogP contribution in [0.5, 0.6) is 5.75 Å². The molecule has 2 aromatic rings. The standard InChI is InChI=1S/C11H7NO4/c13-10-7-4-2-1-3-6(7)8(11(14)15)5-9(10)12-16/h1-5,13H,(H,14,15). The maximum absolute atomic E-state index is 11.0. The first-order chi connectivity index (χ1) is 7.65. The first kappa shape index (κ1) is 10.1. The summed E-state index contributed by atoms with van der Waals surface area (Å²) in [5.74, 6) is -1.46. The van der Waals surface area contributed by atoms with Crippen LogP contribution in [0.1, 0.15) is 10.4 Å². The number of phenols is 1. The highest BCUT2D eigenvalue weighted by atomic mass is 16.4. The molecule has 0 spiro atoms. The Morgan fingerprint density at radius 3 is 2.38 bits per heavy atom. The molecule has 2 N–H and O–H groups in total. The van der Waals surface area contributed by atoms with Gasteiger partial charge in [-0.2, -0.15) is 0 Å². The van der Waals surface area contributed by atoms with Crippen LogP contribution < -0.4 is 0 Å². The molecule has 16 heavy (non-hydrogen) atoms. The Labute approximate surface area is 89.9 Å². The lowest BCUT2D eigenvalue weighted by Gasteiger charge is -2.05. The Morgan fingerprint density at radius 2 is 1.81 bits per heavy atom. The van der Waals surface area contributed by atoms with E-state index in [1.807, 2.05) is 0 Å². The number of fused-ring (bicyclic) bond motifs is 1. The van der Waals surface area contributed by atoms with Crippen molar-refractivity contribution in [2.45, 2.75) is 0 Å². The lowest BCUT2D eigenvalue weighted by atomic mass is 10.0. The number of nitroso groups, excluding NO2 is 1. The summed E-state index contributed by atoms with van der Waals surface area (Å²) in [5, 5.41) is 21.9. The van der Waals surface area contributed by atoms with E-state index in [1.165, 1.54) is 6.07 Å². The van der Waals surface area contributed by atoms with Crippen LogP contribution in [0, 0.1) is 4.91 Å². The average Bonchev–Trinajstić information content (AvgIpc) is 2.29. The Balaban J connectivity index is 2.95. The van der Waals surface area contributed by atoms with Crippen molar-refractivity contribution in [1.82, 2.24) is 0 Å². The highest BCUT2D eigenvalue weighted by Crippen LogP contribution is 2.36. The van der Waals surface area contributed by atoms with Gasteiger partial charge in [0.05, 0.1) is 5.56 Å². The summed E-state index contributed by atoms with van der Waals surface area (Å²) < 4.78 is 0. The Hall–Kier alpha value is -2.43. The number of benzene rings is 2. The summed E-state index contributed by atoms with van der Waals surface area (Å²) in [7, 11) is 0. The molecule has 0 atom stereocenters. The first-order valence-corrected chi connectivity index (χ1v) is 4.46. The van der Waals surface area contributed by atoms with Crippen LogP contribution >= 0.6 is 0 Å². The number of hydrogen-bond donors (Lipinski definition) is 2. The van der Waals surface area contributed by atoms with Gasteiger partial charge in [0.25, 0.3) is 0 Å². The SMILES string of the molecule is O=Nc1cc(C(=O)O)c2ccccc2c1O. The summed E-state index contributed by atoms with van der Waals surface area (Å²) in [5.41, 5.74) is -0.320. The number of nitrogens with zero attached hydrogens (tertiary/aromatic N) is 1. The molecule has 5 nitrogen and oxygen atoms in total. The van der Waals surface area contributed by atoms with Gasteiger partial charge in [0.2, 0.25) is 0 Å². The highest BCUT2D eigenvalue weighted by Gasteiger charge is 2.15. The van der Waals surface area contributed by atoms with Crippen molar-refractivity contribution < 1.29 is 15.0 Å². The molecular weight excluding hydrogens is 210 g/mol. The van der Waals surface area contributed by atoms with Gasteiger partial charge in [0.1, 0.15) is 0 Å². The zero-order valence-electron chi connectivity index (χ0n) is 8.04. The molecule has 0 saturated carbocycles. The van der Waals surface area contributed by atoms with Gasteiger partial charge in [-0.3, -0.25) is 0 Å². The minimum atomic E-state index is -1.17. The van der Waals surface area contributed by atoms with E-state index in [2.05, 4.69) is 5.18 Å². The fourth-order valence-corrected chi connectivity index (χ4v) is 1.59. The number of aromatic carboxylic acids is 1. The molecule has 0 aliphatic rings. The largest absolute Gasteiger partial charge is 0.505 e. The molecule has 0 unspecified atom stereocenters. The van der Waals surface area contributed by atoms with E-state index < -0.39 is 5.97 Å². The second-order valence-electron chi connectivity index (χ2n) is 3.23. The van der Waals surface area contributed by atoms with E-state index in [4.69, 9.17) is 5.11 Å². The lowest BCUT2D eigenvalue weighted by Crippen LogP contribution is -1.97. The number of phenolic OH excluding ortho intramolecular Hbond substituents is 1. The lowest BCUT2D eigenvalue weighted by molar-refractivity contribution is 0.0699. The van der Waals surface area contributed by atoms with Gasteiger partial charge in [-0.05, 0) is 11.2 Å². The van der Waals surface area contributed by atoms with E-state index in [9.17, 15) is 14.8 Å². The van der Waals surface area contributed by atoms with Crippen molar-refractivity contribution in [1.29, 1.82) is 0 Å². The van der Waals surface area contributed by atoms with Gasteiger partial charge < -0.3 is 10.2 Å². The van der Waals surface area contributed by atoms with Gasteiger partial charge in [0, 0.05) is 10.8 Å². The molecule has 0 amide bonds. The van der Waals surface area contributed by atoms with Crippen LogP contribution in [0.25, 0.3) is 10.8 Å². The van der Waals surface area contributed by atoms with Crippen LogP contribution in [0.4, 0.5) is 5.69 Å². The van der Waals surface area contributed by atoms with E-state index in [0.717, 1.165) is 6.07 Å². The third kappa shape index (κ3) is 1.38. The van der Waals surface area contributed by atoms with Crippen molar-refractivity contribution in [3.63, 3.8) is 0 Å². The fourth-order valence-electron chi connectivity index (χ4n) is 1.59. The van der Waals surface area contributed by atoms with E-state index in [0.29, 0.717) is 10.8 Å². The van der Waals surface area contributed by atoms with Crippen molar-refractivity contribution in [2.24, 2.45) is 5.18 Å². The minimum Gasteiger partial charge on any atom is -0.505 e. The third-order valence-corrected chi connectivity index (χ3v) is 2.32. The predicted molar refractivity (Wildman–Crippen MR) is 58.0 cm³/mol. The molecule has 0 heterocycles. The Bertz CT molecular complexity index is 592. The minimum absolute atomic E-state index is 0.0528. The average molecular weight is 217 g/mol. The van der Waals surface area contributed by atoms with Gasteiger partial charge in [-0.25, -0.2) is 4.79 Å². The second kappa shape index (κ2) is 3.62. The number of aromatic hydroxyl groups is 1. The van der Waals surface area contributed by atoms with Crippen LogP contribution in [0.3, 0.4) is 0 Å². The predicted octanol–water partition coefficient (Wildman–Crippen LogP) is 2.64. The van der Waals surface area contributed by atoms with Gasteiger partial charge in [-0.1, -0.05) is 24.3 Å². The van der Waals surface area contributed by atoms with E-state index >= 15 is 0 Å². The van der Waals surface area contributed by atoms with Gasteiger partial charge >= 0.3 is 5.97 Å². The van der Waals surface area contributed by atoms with Crippen LogP contribution in [-0.4, -0.2) is 16.2 Å². The molecule has 0 bridgehead atoms. The van der Waals surface area contributed by atoms with Gasteiger partial charge in [-0.15, -0.1) is 4.91 Å². The quantitative estimate of drug-likeness (QED) is 0.757. The molecular formula is C11H7NO4. The fraction of sp³-hybridized carbons (Fsp3) is 0. The van der Waals surface area contributed by atoms with Crippen molar-refractivity contribution in [3.05, 3.63) is 40.8 Å². The molecule has 80 valence electrons. The van der Waals surface area contributed by atoms with E-state index in [1.54, 1.807) is 18.2 Å². The highest BCUT2D eigenvalue weighted by molar-refractivity contribution is 6.07. The maximum Gasteiger partial charge on any atom is 0.336 e. The zero-order valence-corrected chi connectivity index (χ0v) is 8.04. The van der Waals surface area contributed by atoms with Crippen LogP contribution in [0.2, 0.25) is 0 Å². The number of rotatable bonds is 2. The molecule has 0 aliphatic heterocycles. The molecule has 0 aliphatic carbocycles. The zero-order chi connectivity index (χ0) is 11.7.